The van der Waals surface area contributed by atoms with Crippen LogP contribution in [0.1, 0.15) is 48.0 Å². The van der Waals surface area contributed by atoms with Crippen molar-refractivity contribution >= 4 is 29.5 Å². The van der Waals surface area contributed by atoms with Crippen LogP contribution in [0.4, 0.5) is 0 Å². The molecule has 0 aromatic rings. The maximum atomic E-state index is 14.3. The number of hydrogen-bond acceptors (Lipinski definition) is 5. The fourth-order valence-electron chi connectivity index (χ4n) is 6.44. The molecule has 4 heterocycles. The van der Waals surface area contributed by atoms with Crippen molar-refractivity contribution in [2.24, 2.45) is 17.8 Å². The number of fused-ring (bicyclic) bond motifs is 2. The van der Waals surface area contributed by atoms with E-state index >= 15 is 0 Å². The Morgan fingerprint density at radius 3 is 2.29 bits per heavy atom. The zero-order valence-corrected chi connectivity index (χ0v) is 22.0. The van der Waals surface area contributed by atoms with Gasteiger partial charge >= 0.3 is 0 Å². The van der Waals surface area contributed by atoms with E-state index in [2.05, 4.69) is 6.08 Å². The van der Waals surface area contributed by atoms with Crippen LogP contribution in [0.5, 0.6) is 0 Å². The number of rotatable bonds is 6. The molecule has 188 valence electrons. The van der Waals surface area contributed by atoms with E-state index in [1.165, 1.54) is 0 Å². The lowest BCUT2D eigenvalue weighted by Gasteiger charge is -2.41. The number of carbonyl (C=O) groups is 3. The Hall–Kier alpha value is -1.80. The smallest absolute Gasteiger partial charge is 0.247 e. The lowest BCUT2D eigenvalue weighted by atomic mass is 9.74. The molecule has 4 rings (SSSR count). The zero-order chi connectivity index (χ0) is 25.0. The minimum Gasteiger partial charge on any atom is -0.394 e. The van der Waals surface area contributed by atoms with Crippen molar-refractivity contribution < 1.29 is 19.5 Å². The summed E-state index contributed by atoms with van der Waals surface area (Å²) >= 11 is 1.60. The molecule has 2 saturated heterocycles. The lowest BCUT2D eigenvalue weighted by Crippen LogP contribution is -2.58. The van der Waals surface area contributed by atoms with Gasteiger partial charge in [-0.25, -0.2) is 0 Å². The summed E-state index contributed by atoms with van der Waals surface area (Å²) < 4.78 is -1.44. The van der Waals surface area contributed by atoms with Gasteiger partial charge in [0.15, 0.2) is 0 Å². The molecular formula is C26H39N3O4S. The maximum absolute atomic E-state index is 14.3. The molecule has 1 unspecified atom stereocenters. The molecule has 3 amide bonds. The molecule has 0 aliphatic carbocycles. The second-order valence-corrected chi connectivity index (χ2v) is 12.7. The van der Waals surface area contributed by atoms with Crippen molar-refractivity contribution in [1.29, 1.82) is 0 Å². The van der Waals surface area contributed by atoms with Crippen LogP contribution >= 0.6 is 11.8 Å². The first-order valence-electron chi connectivity index (χ1n) is 12.6. The van der Waals surface area contributed by atoms with Gasteiger partial charge in [0, 0.05) is 30.4 Å². The third kappa shape index (κ3) is 3.55. The monoisotopic (exact) mass is 489 g/mol. The third-order valence-corrected chi connectivity index (χ3v) is 9.84. The summed E-state index contributed by atoms with van der Waals surface area (Å²) in [4.78, 5) is 47.7. The Morgan fingerprint density at radius 1 is 1.03 bits per heavy atom. The van der Waals surface area contributed by atoms with E-state index in [0.29, 0.717) is 19.6 Å². The molecular weight excluding hydrogens is 450 g/mol. The van der Waals surface area contributed by atoms with Crippen molar-refractivity contribution in [3.05, 3.63) is 24.3 Å². The first-order valence-corrected chi connectivity index (χ1v) is 13.4. The van der Waals surface area contributed by atoms with Gasteiger partial charge in [0.05, 0.1) is 29.2 Å². The molecule has 0 aromatic heterocycles. The lowest BCUT2D eigenvalue weighted by molar-refractivity contribution is -0.148. The largest absolute Gasteiger partial charge is 0.394 e. The highest BCUT2D eigenvalue weighted by Gasteiger charge is 2.74. The highest BCUT2D eigenvalue weighted by molar-refractivity contribution is 8.02. The van der Waals surface area contributed by atoms with E-state index in [9.17, 15) is 19.5 Å². The Bertz CT molecular complexity index is 918. The number of carbonyl (C=O) groups excluding carboxylic acids is 3. The molecule has 4 aliphatic heterocycles. The molecule has 8 heteroatoms. The van der Waals surface area contributed by atoms with E-state index in [1.54, 1.807) is 16.7 Å². The summed E-state index contributed by atoms with van der Waals surface area (Å²) in [5.41, 5.74) is 0. The van der Waals surface area contributed by atoms with Gasteiger partial charge < -0.3 is 19.8 Å². The Labute approximate surface area is 207 Å². The maximum Gasteiger partial charge on any atom is 0.247 e. The summed E-state index contributed by atoms with van der Waals surface area (Å²) in [7, 11) is 0. The molecule has 4 aliphatic rings. The van der Waals surface area contributed by atoms with Crippen molar-refractivity contribution in [2.45, 2.75) is 75.6 Å². The predicted octanol–water partition coefficient (Wildman–Crippen LogP) is 2.31. The minimum absolute atomic E-state index is 0.00594. The second-order valence-electron chi connectivity index (χ2n) is 10.9. The second kappa shape index (κ2) is 9.01. The van der Waals surface area contributed by atoms with Crippen molar-refractivity contribution in [1.82, 2.24) is 14.7 Å². The van der Waals surface area contributed by atoms with Crippen molar-refractivity contribution in [3.63, 3.8) is 0 Å². The van der Waals surface area contributed by atoms with Crippen LogP contribution in [0.2, 0.25) is 0 Å². The number of amides is 3. The number of likely N-dealkylation sites (tertiary alicyclic amines) is 1. The van der Waals surface area contributed by atoms with E-state index in [4.69, 9.17) is 0 Å². The van der Waals surface area contributed by atoms with Gasteiger partial charge in [-0.05, 0) is 33.1 Å². The first kappa shape index (κ1) is 25.3. The molecule has 1 spiro atoms. The van der Waals surface area contributed by atoms with E-state index in [-0.39, 0.29) is 36.3 Å². The quantitative estimate of drug-likeness (QED) is 0.579. The van der Waals surface area contributed by atoms with Crippen LogP contribution in [-0.2, 0) is 14.4 Å². The number of aliphatic hydroxyl groups is 1. The zero-order valence-electron chi connectivity index (χ0n) is 21.2. The van der Waals surface area contributed by atoms with Gasteiger partial charge in [-0.3, -0.25) is 14.4 Å². The fourth-order valence-corrected chi connectivity index (χ4v) is 8.59. The number of hydrogen-bond donors (Lipinski definition) is 1. The molecule has 0 saturated carbocycles. The molecule has 2 fully saturated rings. The molecule has 1 N–H and O–H groups in total. The summed E-state index contributed by atoms with van der Waals surface area (Å²) in [6.45, 7) is 13.4. The fraction of sp³-hybridized carbons (Fsp3) is 0.731. The Kier molecular flexibility index (Phi) is 6.70. The summed E-state index contributed by atoms with van der Waals surface area (Å²) in [6.07, 6.45) is 9.03. The molecule has 0 bridgehead atoms. The van der Waals surface area contributed by atoms with Crippen LogP contribution in [0.15, 0.2) is 24.3 Å². The van der Waals surface area contributed by atoms with Crippen LogP contribution in [-0.4, -0.2) is 91.4 Å². The van der Waals surface area contributed by atoms with Gasteiger partial charge in [0.1, 0.15) is 6.04 Å². The molecule has 34 heavy (non-hydrogen) atoms. The van der Waals surface area contributed by atoms with Crippen LogP contribution < -0.4 is 0 Å². The summed E-state index contributed by atoms with van der Waals surface area (Å²) in [5.74, 6) is -1.52. The SMILES string of the molecule is CCCN1CC=C[C@]2(C)S[C@]34C=CCN(C(C)C)C(=O)C3N([C@@H](CO)C(C)C)C(=O)[C@@H]4[C@@H]2C1=O. The average Bonchev–Trinajstić information content (AvgIpc) is 3.02. The highest BCUT2D eigenvalue weighted by Crippen LogP contribution is 2.66. The highest BCUT2D eigenvalue weighted by atomic mass is 32.2. The van der Waals surface area contributed by atoms with Gasteiger partial charge in [0.2, 0.25) is 17.7 Å². The molecule has 0 radical (unpaired) electrons. The normalized spacial score (nSPS) is 36.2. The molecule has 6 atom stereocenters. The van der Waals surface area contributed by atoms with E-state index < -0.39 is 33.4 Å². The first-order chi connectivity index (χ1) is 16.0. The van der Waals surface area contributed by atoms with E-state index in [1.807, 2.05) is 69.6 Å². The minimum atomic E-state index is -0.852. The number of thioether (sulfide) groups is 1. The standard InChI is InChI=1S/C26H39N3O4S/c1-7-12-27-13-8-10-25(6)19(22(27)31)20-23(32)29(18(15-30)16(2)3)21-24(33)28(17(4)5)14-9-11-26(20,21)34-25/h8-11,16-21,30H,7,12-15H2,1-6H3/t18-,19+,20-,21?,25-,26-/m0/s1. The van der Waals surface area contributed by atoms with E-state index in [0.717, 1.165) is 6.42 Å². The van der Waals surface area contributed by atoms with Gasteiger partial charge in [-0.15, -0.1) is 11.8 Å². The third-order valence-electron chi connectivity index (χ3n) is 8.04. The molecule has 7 nitrogen and oxygen atoms in total. The van der Waals surface area contributed by atoms with Gasteiger partial charge in [0.25, 0.3) is 0 Å². The van der Waals surface area contributed by atoms with Crippen molar-refractivity contribution in [2.75, 3.05) is 26.2 Å². The Balaban J connectivity index is 1.91. The van der Waals surface area contributed by atoms with Crippen LogP contribution in [0, 0.1) is 17.8 Å². The van der Waals surface area contributed by atoms with Crippen LogP contribution in [0.3, 0.4) is 0 Å². The predicted molar refractivity (Wildman–Crippen MR) is 134 cm³/mol. The van der Waals surface area contributed by atoms with Gasteiger partial charge in [-0.1, -0.05) is 45.1 Å². The van der Waals surface area contributed by atoms with Crippen LogP contribution in [0.25, 0.3) is 0 Å². The molecule has 0 aromatic carbocycles. The van der Waals surface area contributed by atoms with Gasteiger partial charge in [-0.2, -0.15) is 0 Å². The summed E-state index contributed by atoms with van der Waals surface area (Å²) in [5, 5.41) is 10.3. The average molecular weight is 490 g/mol. The number of nitrogens with zero attached hydrogens (tertiary/aromatic N) is 3. The van der Waals surface area contributed by atoms with Crippen molar-refractivity contribution in [3.8, 4) is 0 Å². The summed E-state index contributed by atoms with van der Waals surface area (Å²) in [6, 6.07) is -1.26. The number of aliphatic hydroxyl groups excluding tert-OH is 1. The topological polar surface area (TPSA) is 81.2 Å². The Morgan fingerprint density at radius 2 is 1.71 bits per heavy atom.